The number of rotatable bonds is 2. The fraction of sp³-hybridized carbons (Fsp3) is 0. The van der Waals surface area contributed by atoms with E-state index >= 15 is 0 Å². The summed E-state index contributed by atoms with van der Waals surface area (Å²) >= 11 is 0. The minimum atomic E-state index is -1.51. The Labute approximate surface area is 170 Å². The molecule has 0 spiro atoms. The number of halogens is 4. The molecule has 0 aliphatic rings. The van der Waals surface area contributed by atoms with Crippen LogP contribution >= 0.6 is 0 Å². The molecule has 0 aliphatic heterocycles. The molecule has 0 aliphatic carbocycles. The molecular weight excluding hydrogens is 388 g/mol. The van der Waals surface area contributed by atoms with E-state index in [0.717, 1.165) is 34.0 Å². The molecule has 0 heterocycles. The topological polar surface area (TPSA) is 0 Å². The Kier molecular flexibility index (Phi) is 4.28. The third kappa shape index (κ3) is 2.84. The molecule has 146 valence electrons. The van der Waals surface area contributed by atoms with Crippen molar-refractivity contribution in [2.24, 2.45) is 0 Å². The van der Waals surface area contributed by atoms with E-state index in [2.05, 4.69) is 0 Å². The second kappa shape index (κ2) is 6.99. The van der Waals surface area contributed by atoms with Crippen molar-refractivity contribution in [3.63, 3.8) is 0 Å². The summed E-state index contributed by atoms with van der Waals surface area (Å²) < 4.78 is 56.0. The maximum atomic E-state index is 14.3. The molecule has 5 aromatic rings. The first kappa shape index (κ1) is 18.4. The van der Waals surface area contributed by atoms with Gasteiger partial charge in [0.1, 0.15) is 5.82 Å². The molecule has 0 bridgehead atoms. The SMILES string of the molecule is Fc1ccc2c(-c3cc(F)c(F)c(F)c3)c3ccccc3c(-c3ccccc3)c2c1. The first-order valence-corrected chi connectivity index (χ1v) is 9.39. The monoisotopic (exact) mass is 402 g/mol. The molecule has 0 saturated carbocycles. The molecule has 0 nitrogen and oxygen atoms in total. The van der Waals surface area contributed by atoms with Crippen molar-refractivity contribution in [1.29, 1.82) is 0 Å². The lowest BCUT2D eigenvalue weighted by Gasteiger charge is -2.18. The van der Waals surface area contributed by atoms with Crippen LogP contribution in [0.2, 0.25) is 0 Å². The van der Waals surface area contributed by atoms with Gasteiger partial charge in [-0.25, -0.2) is 17.6 Å². The van der Waals surface area contributed by atoms with Gasteiger partial charge < -0.3 is 0 Å². The van der Waals surface area contributed by atoms with Crippen LogP contribution in [0, 0.1) is 23.3 Å². The molecule has 0 atom stereocenters. The molecule has 30 heavy (non-hydrogen) atoms. The minimum absolute atomic E-state index is 0.193. The highest BCUT2D eigenvalue weighted by Crippen LogP contribution is 2.44. The zero-order chi connectivity index (χ0) is 20.8. The van der Waals surface area contributed by atoms with Crippen molar-refractivity contribution in [3.05, 3.63) is 108 Å². The molecule has 5 rings (SSSR count). The van der Waals surface area contributed by atoms with Crippen molar-refractivity contribution in [3.8, 4) is 22.3 Å². The molecule has 0 amide bonds. The molecule has 0 unspecified atom stereocenters. The largest absolute Gasteiger partial charge is 0.207 e. The Balaban J connectivity index is 2.01. The lowest BCUT2D eigenvalue weighted by Crippen LogP contribution is -1.95. The number of hydrogen-bond donors (Lipinski definition) is 0. The summed E-state index contributed by atoms with van der Waals surface area (Å²) in [6.45, 7) is 0. The Morgan fingerprint density at radius 1 is 0.433 bits per heavy atom. The zero-order valence-electron chi connectivity index (χ0n) is 15.6. The molecule has 0 saturated heterocycles. The van der Waals surface area contributed by atoms with Gasteiger partial charge in [-0.05, 0) is 68.1 Å². The molecule has 5 aromatic carbocycles. The van der Waals surface area contributed by atoms with Crippen molar-refractivity contribution in [1.82, 2.24) is 0 Å². The maximum absolute atomic E-state index is 14.3. The quantitative estimate of drug-likeness (QED) is 0.160. The molecule has 0 fully saturated rings. The smallest absolute Gasteiger partial charge is 0.194 e. The number of benzene rings is 5. The van der Waals surface area contributed by atoms with E-state index in [4.69, 9.17) is 0 Å². The van der Waals surface area contributed by atoms with E-state index in [0.29, 0.717) is 16.3 Å². The van der Waals surface area contributed by atoms with E-state index in [-0.39, 0.29) is 5.56 Å². The fourth-order valence-electron chi connectivity index (χ4n) is 4.08. The third-order valence-corrected chi connectivity index (χ3v) is 5.32. The number of fused-ring (bicyclic) bond motifs is 2. The predicted molar refractivity (Wildman–Crippen MR) is 112 cm³/mol. The second-order valence-electron chi connectivity index (χ2n) is 7.11. The van der Waals surface area contributed by atoms with Crippen molar-refractivity contribution >= 4 is 21.5 Å². The van der Waals surface area contributed by atoms with E-state index in [1.807, 2.05) is 54.6 Å². The van der Waals surface area contributed by atoms with Crippen LogP contribution in [-0.4, -0.2) is 0 Å². The van der Waals surface area contributed by atoms with Gasteiger partial charge in [0.25, 0.3) is 0 Å². The summed E-state index contributed by atoms with van der Waals surface area (Å²) in [5.74, 6) is -4.47. The van der Waals surface area contributed by atoms with Crippen LogP contribution in [0.4, 0.5) is 17.6 Å². The van der Waals surface area contributed by atoms with Crippen molar-refractivity contribution in [2.45, 2.75) is 0 Å². The highest BCUT2D eigenvalue weighted by molar-refractivity contribution is 6.21. The minimum Gasteiger partial charge on any atom is -0.207 e. The first-order valence-electron chi connectivity index (χ1n) is 9.39. The molecule has 0 N–H and O–H groups in total. The van der Waals surface area contributed by atoms with E-state index < -0.39 is 23.3 Å². The lowest BCUT2D eigenvalue weighted by atomic mass is 9.86. The summed E-state index contributed by atoms with van der Waals surface area (Å²) in [6.07, 6.45) is 0. The van der Waals surface area contributed by atoms with Gasteiger partial charge in [-0.3, -0.25) is 0 Å². The molecule has 0 aromatic heterocycles. The van der Waals surface area contributed by atoms with Crippen LogP contribution < -0.4 is 0 Å². The fourth-order valence-corrected chi connectivity index (χ4v) is 4.08. The summed E-state index contributed by atoms with van der Waals surface area (Å²) in [6, 6.07) is 23.3. The summed E-state index contributed by atoms with van der Waals surface area (Å²) in [5.41, 5.74) is 2.44. The van der Waals surface area contributed by atoms with E-state index in [1.54, 1.807) is 6.07 Å². The Morgan fingerprint density at radius 2 is 0.967 bits per heavy atom. The normalized spacial score (nSPS) is 11.3. The zero-order valence-corrected chi connectivity index (χ0v) is 15.6. The van der Waals surface area contributed by atoms with Crippen LogP contribution in [0.15, 0.2) is 84.9 Å². The highest BCUT2D eigenvalue weighted by Gasteiger charge is 2.19. The summed E-state index contributed by atoms with van der Waals surface area (Å²) in [5, 5.41) is 2.78. The Bertz CT molecular complexity index is 1400. The van der Waals surface area contributed by atoms with E-state index in [1.165, 1.54) is 12.1 Å². The second-order valence-corrected chi connectivity index (χ2v) is 7.11. The molecular formula is C26H14F4. The summed E-state index contributed by atoms with van der Waals surface area (Å²) in [7, 11) is 0. The van der Waals surface area contributed by atoms with Crippen LogP contribution in [0.25, 0.3) is 43.8 Å². The third-order valence-electron chi connectivity index (χ3n) is 5.32. The molecule has 4 heteroatoms. The number of hydrogen-bond acceptors (Lipinski definition) is 0. The predicted octanol–water partition coefficient (Wildman–Crippen LogP) is 7.88. The Hall–Kier alpha value is -3.66. The average molecular weight is 402 g/mol. The Morgan fingerprint density at radius 3 is 1.60 bits per heavy atom. The molecule has 0 radical (unpaired) electrons. The van der Waals surface area contributed by atoms with E-state index in [9.17, 15) is 17.6 Å². The lowest BCUT2D eigenvalue weighted by molar-refractivity contribution is 0.448. The van der Waals surface area contributed by atoms with Gasteiger partial charge in [0.05, 0.1) is 0 Å². The first-order chi connectivity index (χ1) is 14.5. The van der Waals surface area contributed by atoms with Gasteiger partial charge in [0.2, 0.25) is 0 Å². The van der Waals surface area contributed by atoms with Gasteiger partial charge in [-0.1, -0.05) is 60.7 Å². The van der Waals surface area contributed by atoms with Gasteiger partial charge >= 0.3 is 0 Å². The van der Waals surface area contributed by atoms with Gasteiger partial charge in [0.15, 0.2) is 17.5 Å². The standard InChI is InChI=1S/C26H14F4/c27-17-10-11-20-21(14-17)24(15-6-2-1-3-7-15)18-8-4-5-9-19(18)25(20)16-12-22(28)26(30)23(29)13-16/h1-14H. The summed E-state index contributed by atoms with van der Waals surface area (Å²) in [4.78, 5) is 0. The maximum Gasteiger partial charge on any atom is 0.194 e. The van der Waals surface area contributed by atoms with Crippen LogP contribution in [0.1, 0.15) is 0 Å². The average Bonchev–Trinajstić information content (AvgIpc) is 2.76. The highest BCUT2D eigenvalue weighted by atomic mass is 19.2. The van der Waals surface area contributed by atoms with Gasteiger partial charge in [-0.2, -0.15) is 0 Å². The van der Waals surface area contributed by atoms with Gasteiger partial charge in [0, 0.05) is 0 Å². The van der Waals surface area contributed by atoms with Crippen LogP contribution in [0.5, 0.6) is 0 Å². The van der Waals surface area contributed by atoms with Crippen molar-refractivity contribution < 1.29 is 17.6 Å². The van der Waals surface area contributed by atoms with Crippen LogP contribution in [0.3, 0.4) is 0 Å². The van der Waals surface area contributed by atoms with Crippen LogP contribution in [-0.2, 0) is 0 Å². The van der Waals surface area contributed by atoms with Crippen molar-refractivity contribution in [2.75, 3.05) is 0 Å². The van der Waals surface area contributed by atoms with Gasteiger partial charge in [-0.15, -0.1) is 0 Å².